The number of aliphatic hydroxyl groups is 6. The highest BCUT2D eigenvalue weighted by molar-refractivity contribution is 5.80. The summed E-state index contributed by atoms with van der Waals surface area (Å²) in [6.45, 7) is 0.357. The van der Waals surface area contributed by atoms with E-state index in [-0.39, 0.29) is 32.4 Å². The van der Waals surface area contributed by atoms with Gasteiger partial charge in [-0.1, -0.05) is 0 Å². The summed E-state index contributed by atoms with van der Waals surface area (Å²) in [5.74, 6) is -0.784. The SMILES string of the molecule is NCCCN[C@@H]1C[C@H](O)[C@@H](CN)O[C@@H]1OC1[C@@H](N)C[C@@H](NC(=O)[C@@H](O)CCN)[C@H](O[C@H]2O[C@H](CO)[C@@H](O)[C@H](N)[C@H]2O)[C@H]1O. The molecule has 1 unspecified atom stereocenters. The molecule has 3 fully saturated rings. The Balaban J connectivity index is 1.85. The van der Waals surface area contributed by atoms with Crippen molar-refractivity contribution < 1.29 is 54.4 Å². The molecular formula is C25H51N7O11. The first-order valence-electron chi connectivity index (χ1n) is 14.7. The monoisotopic (exact) mass is 625 g/mol. The molecule has 3 aliphatic rings. The van der Waals surface area contributed by atoms with Crippen LogP contribution in [-0.4, -0.2) is 161 Å². The summed E-state index contributed by atoms with van der Waals surface area (Å²) < 4.78 is 23.7. The van der Waals surface area contributed by atoms with Crippen molar-refractivity contribution in [3.63, 3.8) is 0 Å². The molecule has 252 valence electrons. The minimum atomic E-state index is -1.58. The van der Waals surface area contributed by atoms with E-state index in [4.69, 9.17) is 47.6 Å². The molecule has 0 aromatic carbocycles. The van der Waals surface area contributed by atoms with Crippen molar-refractivity contribution in [1.29, 1.82) is 0 Å². The number of rotatable bonds is 14. The standard InChI is InChI=1S/C25H51N7O11/c26-3-1-5-31-12-7-14(35)15(8-28)40-24(12)42-21-10(29)6-11(32-23(39)13(34)2-4-27)22(20(21)38)43-25-19(37)17(30)18(36)16(9-33)41-25/h10-22,24-25,31,33-38H,1-9,26-30H2,(H,32,39)/t10-,11+,12+,13-,14-,15+,16+,17-,18+,19+,20-,21?,22-,24+,25+/m0/s1. The number of carbonyl (C=O) groups excluding carboxylic acids is 1. The van der Waals surface area contributed by atoms with Gasteiger partial charge in [0.1, 0.15) is 42.7 Å². The predicted molar refractivity (Wildman–Crippen MR) is 149 cm³/mol. The fourth-order valence-corrected chi connectivity index (χ4v) is 5.63. The summed E-state index contributed by atoms with van der Waals surface area (Å²) in [4.78, 5) is 12.7. The van der Waals surface area contributed by atoms with E-state index in [0.717, 1.165) is 0 Å². The van der Waals surface area contributed by atoms with Crippen LogP contribution in [0, 0.1) is 0 Å². The Morgan fingerprint density at radius 1 is 0.884 bits per heavy atom. The van der Waals surface area contributed by atoms with Crippen LogP contribution >= 0.6 is 0 Å². The lowest BCUT2D eigenvalue weighted by molar-refractivity contribution is -0.316. The van der Waals surface area contributed by atoms with Gasteiger partial charge in [-0.2, -0.15) is 0 Å². The van der Waals surface area contributed by atoms with Crippen LogP contribution < -0.4 is 39.3 Å². The molecule has 0 spiro atoms. The van der Waals surface area contributed by atoms with Gasteiger partial charge in [-0.3, -0.25) is 4.79 Å². The van der Waals surface area contributed by atoms with Crippen LogP contribution in [0.25, 0.3) is 0 Å². The number of ether oxygens (including phenoxy) is 4. The van der Waals surface area contributed by atoms with Gasteiger partial charge in [0.25, 0.3) is 0 Å². The number of hydrogen-bond acceptors (Lipinski definition) is 17. The van der Waals surface area contributed by atoms with Crippen LogP contribution in [0.1, 0.15) is 25.7 Å². The van der Waals surface area contributed by atoms with Gasteiger partial charge < -0.3 is 88.9 Å². The second-order valence-electron chi connectivity index (χ2n) is 11.4. The Bertz CT molecular complexity index is 851. The Hall–Kier alpha value is -1.17. The summed E-state index contributed by atoms with van der Waals surface area (Å²) in [5.41, 5.74) is 29.2. The first-order chi connectivity index (χ1) is 20.5. The second-order valence-corrected chi connectivity index (χ2v) is 11.4. The highest BCUT2D eigenvalue weighted by Crippen LogP contribution is 2.32. The van der Waals surface area contributed by atoms with E-state index in [0.29, 0.717) is 19.5 Å². The van der Waals surface area contributed by atoms with E-state index in [2.05, 4.69) is 10.6 Å². The van der Waals surface area contributed by atoms with Crippen molar-refractivity contribution in [2.24, 2.45) is 28.7 Å². The molecule has 18 nitrogen and oxygen atoms in total. The molecule has 18 heteroatoms. The van der Waals surface area contributed by atoms with Crippen molar-refractivity contribution in [2.75, 3.05) is 32.8 Å². The smallest absolute Gasteiger partial charge is 0.249 e. The molecule has 1 saturated carbocycles. The van der Waals surface area contributed by atoms with Gasteiger partial charge in [-0.25, -0.2) is 0 Å². The molecule has 1 amide bonds. The summed E-state index contributed by atoms with van der Waals surface area (Å²) >= 11 is 0. The van der Waals surface area contributed by atoms with Crippen LogP contribution in [0.3, 0.4) is 0 Å². The minimum absolute atomic E-state index is 0.00975. The average molecular weight is 626 g/mol. The van der Waals surface area contributed by atoms with Gasteiger partial charge in [-0.05, 0) is 45.3 Å². The predicted octanol–water partition coefficient (Wildman–Crippen LogP) is -7.45. The van der Waals surface area contributed by atoms with Crippen LogP contribution in [0.2, 0.25) is 0 Å². The quantitative estimate of drug-likeness (QED) is 0.0797. The van der Waals surface area contributed by atoms with E-state index in [1.807, 2.05) is 0 Å². The first kappa shape index (κ1) is 36.3. The highest BCUT2D eigenvalue weighted by atomic mass is 16.7. The zero-order chi connectivity index (χ0) is 31.8. The van der Waals surface area contributed by atoms with Gasteiger partial charge in [-0.15, -0.1) is 0 Å². The molecule has 2 heterocycles. The summed E-state index contributed by atoms with van der Waals surface area (Å²) in [6.07, 6.45) is -13.0. The normalized spacial score (nSPS) is 42.9. The lowest BCUT2D eigenvalue weighted by atomic mass is 9.83. The van der Waals surface area contributed by atoms with E-state index in [1.165, 1.54) is 0 Å². The Kier molecular flexibility index (Phi) is 14.3. The molecule has 0 bridgehead atoms. The van der Waals surface area contributed by atoms with Crippen molar-refractivity contribution in [1.82, 2.24) is 10.6 Å². The summed E-state index contributed by atoms with van der Waals surface area (Å²) in [5, 5.41) is 68.6. The minimum Gasteiger partial charge on any atom is -0.394 e. The van der Waals surface area contributed by atoms with Crippen LogP contribution in [-0.2, 0) is 23.7 Å². The molecule has 2 aliphatic heterocycles. The topological polar surface area (TPSA) is 330 Å². The van der Waals surface area contributed by atoms with Crippen molar-refractivity contribution in [3.05, 3.63) is 0 Å². The summed E-state index contributed by atoms with van der Waals surface area (Å²) in [7, 11) is 0. The Morgan fingerprint density at radius 2 is 1.56 bits per heavy atom. The van der Waals surface area contributed by atoms with E-state index < -0.39 is 104 Å². The molecule has 2 saturated heterocycles. The van der Waals surface area contributed by atoms with Crippen molar-refractivity contribution in [2.45, 2.75) is 117 Å². The second kappa shape index (κ2) is 16.9. The van der Waals surface area contributed by atoms with E-state index >= 15 is 0 Å². The third-order valence-electron chi connectivity index (χ3n) is 8.19. The third-order valence-corrected chi connectivity index (χ3v) is 8.19. The molecule has 0 aromatic heterocycles. The number of nitrogens with two attached hydrogens (primary N) is 5. The fraction of sp³-hybridized carbons (Fsp3) is 0.960. The van der Waals surface area contributed by atoms with Crippen LogP contribution in [0.15, 0.2) is 0 Å². The maximum Gasteiger partial charge on any atom is 0.249 e. The maximum atomic E-state index is 12.7. The van der Waals surface area contributed by atoms with Gasteiger partial charge in [0.05, 0.1) is 36.9 Å². The highest BCUT2D eigenvalue weighted by Gasteiger charge is 2.51. The first-order valence-corrected chi connectivity index (χ1v) is 14.7. The lowest BCUT2D eigenvalue weighted by Gasteiger charge is -2.49. The third kappa shape index (κ3) is 8.97. The largest absolute Gasteiger partial charge is 0.394 e. The zero-order valence-corrected chi connectivity index (χ0v) is 24.1. The molecular weight excluding hydrogens is 574 g/mol. The molecule has 1 aliphatic carbocycles. The van der Waals surface area contributed by atoms with Crippen molar-refractivity contribution in [3.8, 4) is 0 Å². The Labute approximate surface area is 250 Å². The van der Waals surface area contributed by atoms with Crippen molar-refractivity contribution >= 4 is 5.91 Å². The van der Waals surface area contributed by atoms with E-state index in [9.17, 15) is 35.4 Å². The fourth-order valence-electron chi connectivity index (χ4n) is 5.63. The zero-order valence-electron chi connectivity index (χ0n) is 24.1. The average Bonchev–Trinajstić information content (AvgIpc) is 2.98. The molecule has 0 radical (unpaired) electrons. The summed E-state index contributed by atoms with van der Waals surface area (Å²) in [6, 6.07) is -3.68. The van der Waals surface area contributed by atoms with Gasteiger partial charge in [0, 0.05) is 12.6 Å². The molecule has 3 rings (SSSR count). The Morgan fingerprint density at radius 3 is 2.19 bits per heavy atom. The van der Waals surface area contributed by atoms with Crippen LogP contribution in [0.4, 0.5) is 0 Å². The number of hydrogen-bond donors (Lipinski definition) is 13. The number of nitrogens with one attached hydrogen (secondary N) is 2. The van der Waals surface area contributed by atoms with Gasteiger partial charge in [0.15, 0.2) is 12.6 Å². The van der Waals surface area contributed by atoms with Gasteiger partial charge in [0.2, 0.25) is 5.91 Å². The number of aliphatic hydroxyl groups excluding tert-OH is 6. The number of carbonyl (C=O) groups is 1. The molecule has 43 heavy (non-hydrogen) atoms. The van der Waals surface area contributed by atoms with Crippen LogP contribution in [0.5, 0.6) is 0 Å². The molecule has 18 N–H and O–H groups in total. The number of amides is 1. The molecule has 0 aromatic rings. The molecule has 15 atom stereocenters. The maximum absolute atomic E-state index is 12.7. The van der Waals surface area contributed by atoms with Gasteiger partial charge >= 0.3 is 0 Å². The lowest BCUT2D eigenvalue weighted by Crippen LogP contribution is -2.69. The van der Waals surface area contributed by atoms with E-state index in [1.54, 1.807) is 0 Å².